The number of benzene rings is 2. The second-order valence-electron chi connectivity index (χ2n) is 6.22. The first-order valence-corrected chi connectivity index (χ1v) is 8.54. The van der Waals surface area contributed by atoms with Crippen LogP contribution >= 0.6 is 0 Å². The third-order valence-electron chi connectivity index (χ3n) is 4.43. The topological polar surface area (TPSA) is 46.6 Å². The molecule has 1 aliphatic rings. The summed E-state index contributed by atoms with van der Waals surface area (Å²) in [6.45, 7) is 4.30. The fourth-order valence-corrected chi connectivity index (χ4v) is 3.05. The van der Waals surface area contributed by atoms with Gasteiger partial charge in [-0.15, -0.1) is 0 Å². The molecule has 1 heterocycles. The Balaban J connectivity index is 1.57. The molecule has 4 nitrogen and oxygen atoms in total. The maximum absolute atomic E-state index is 12.9. The number of hydrogen-bond donors (Lipinski definition) is 0. The van der Waals surface area contributed by atoms with Gasteiger partial charge in [-0.2, -0.15) is 0 Å². The van der Waals surface area contributed by atoms with E-state index < -0.39 is 6.09 Å². The zero-order chi connectivity index (χ0) is 18.5. The Kier molecular flexibility index (Phi) is 5.46. The van der Waals surface area contributed by atoms with E-state index in [1.165, 1.54) is 24.3 Å². The molecular formula is C21H20FNO3. The Morgan fingerprint density at radius 1 is 1.12 bits per heavy atom. The lowest BCUT2D eigenvalue weighted by atomic mass is 10.0. The van der Waals surface area contributed by atoms with E-state index in [9.17, 15) is 14.0 Å². The standard InChI is InChI=1S/C21H20FNO3/c1-15(6-5-9-20(24)17-10-12-18(22)13-11-17)23-19(14-26-21(23)25)16-7-3-2-4-8-16/h2-4,7-8,10-13,19H,1,5-6,9,14H2/t19-/m1/s1. The molecule has 0 radical (unpaired) electrons. The van der Waals surface area contributed by atoms with Gasteiger partial charge in [0.05, 0.1) is 6.04 Å². The number of allylic oxidation sites excluding steroid dienone is 1. The Morgan fingerprint density at radius 3 is 2.50 bits per heavy atom. The van der Waals surface area contributed by atoms with Gasteiger partial charge >= 0.3 is 6.09 Å². The average Bonchev–Trinajstić information content (AvgIpc) is 3.04. The third-order valence-corrected chi connectivity index (χ3v) is 4.43. The molecule has 0 N–H and O–H groups in total. The minimum absolute atomic E-state index is 0.0543. The van der Waals surface area contributed by atoms with Crippen LogP contribution < -0.4 is 0 Å². The summed E-state index contributed by atoms with van der Waals surface area (Å²) in [5, 5.41) is 0. The maximum Gasteiger partial charge on any atom is 0.414 e. The van der Waals surface area contributed by atoms with Crippen LogP contribution in [0.4, 0.5) is 9.18 Å². The molecule has 2 aromatic rings. The second kappa shape index (κ2) is 7.95. The fourth-order valence-electron chi connectivity index (χ4n) is 3.05. The number of rotatable bonds is 7. The van der Waals surface area contributed by atoms with Crippen molar-refractivity contribution in [1.82, 2.24) is 4.90 Å². The number of cyclic esters (lactones) is 1. The molecule has 1 aliphatic heterocycles. The first-order chi connectivity index (χ1) is 12.6. The molecule has 0 unspecified atom stereocenters. The molecule has 0 aliphatic carbocycles. The molecule has 0 spiro atoms. The van der Waals surface area contributed by atoms with Crippen molar-refractivity contribution in [3.63, 3.8) is 0 Å². The van der Waals surface area contributed by atoms with Crippen LogP contribution in [0, 0.1) is 5.82 Å². The van der Waals surface area contributed by atoms with Crippen molar-refractivity contribution in [3.8, 4) is 0 Å². The molecule has 1 atom stereocenters. The van der Waals surface area contributed by atoms with Gasteiger partial charge in [-0.1, -0.05) is 36.9 Å². The third kappa shape index (κ3) is 3.99. The quantitative estimate of drug-likeness (QED) is 0.666. The van der Waals surface area contributed by atoms with Gasteiger partial charge in [0.15, 0.2) is 5.78 Å². The SMILES string of the molecule is C=C(CCCC(=O)c1ccc(F)cc1)N1C(=O)OC[C@@H]1c1ccccc1. The normalized spacial score (nSPS) is 16.4. The van der Waals surface area contributed by atoms with Crippen molar-refractivity contribution in [3.05, 3.63) is 83.8 Å². The minimum atomic E-state index is -0.409. The molecule has 3 rings (SSSR count). The van der Waals surface area contributed by atoms with Gasteiger partial charge in [-0.3, -0.25) is 9.69 Å². The summed E-state index contributed by atoms with van der Waals surface area (Å²) in [6, 6.07) is 15.0. The molecule has 1 saturated heterocycles. The molecule has 0 bridgehead atoms. The first kappa shape index (κ1) is 17.9. The lowest BCUT2D eigenvalue weighted by Gasteiger charge is -2.23. The molecule has 0 saturated carbocycles. The zero-order valence-electron chi connectivity index (χ0n) is 14.4. The lowest BCUT2D eigenvalue weighted by Crippen LogP contribution is -2.26. The van der Waals surface area contributed by atoms with Crippen molar-refractivity contribution in [2.75, 3.05) is 6.61 Å². The van der Waals surface area contributed by atoms with Crippen LogP contribution in [0.1, 0.15) is 41.2 Å². The monoisotopic (exact) mass is 353 g/mol. The molecule has 5 heteroatoms. The number of hydrogen-bond acceptors (Lipinski definition) is 3. The molecule has 134 valence electrons. The predicted octanol–water partition coefficient (Wildman–Crippen LogP) is 4.89. The van der Waals surface area contributed by atoms with Gasteiger partial charge in [0.2, 0.25) is 0 Å². The largest absolute Gasteiger partial charge is 0.447 e. The van der Waals surface area contributed by atoms with Gasteiger partial charge in [0.25, 0.3) is 0 Å². The highest BCUT2D eigenvalue weighted by atomic mass is 19.1. The highest BCUT2D eigenvalue weighted by Gasteiger charge is 2.35. The van der Waals surface area contributed by atoms with E-state index >= 15 is 0 Å². The Morgan fingerprint density at radius 2 is 1.81 bits per heavy atom. The van der Waals surface area contributed by atoms with Crippen molar-refractivity contribution < 1.29 is 18.7 Å². The molecule has 2 aromatic carbocycles. The predicted molar refractivity (Wildman–Crippen MR) is 96.1 cm³/mol. The van der Waals surface area contributed by atoms with Crippen LogP contribution in [0.3, 0.4) is 0 Å². The van der Waals surface area contributed by atoms with Crippen LogP contribution in [0.2, 0.25) is 0 Å². The van der Waals surface area contributed by atoms with Gasteiger partial charge in [-0.05, 0) is 42.7 Å². The molecule has 1 amide bonds. The van der Waals surface area contributed by atoms with Gasteiger partial charge in [0, 0.05) is 17.7 Å². The number of carbonyl (C=O) groups is 2. The van der Waals surface area contributed by atoms with Gasteiger partial charge < -0.3 is 4.74 Å². The summed E-state index contributed by atoms with van der Waals surface area (Å²) < 4.78 is 18.1. The van der Waals surface area contributed by atoms with E-state index in [-0.39, 0.29) is 24.2 Å². The van der Waals surface area contributed by atoms with E-state index in [0.29, 0.717) is 30.5 Å². The number of halogens is 1. The summed E-state index contributed by atoms with van der Waals surface area (Å²) in [4.78, 5) is 25.8. The lowest BCUT2D eigenvalue weighted by molar-refractivity contribution is 0.0979. The van der Waals surface area contributed by atoms with Crippen LogP contribution in [0.25, 0.3) is 0 Å². The van der Waals surface area contributed by atoms with Gasteiger partial charge in [-0.25, -0.2) is 9.18 Å². The zero-order valence-corrected chi connectivity index (χ0v) is 14.4. The van der Waals surface area contributed by atoms with Crippen molar-refractivity contribution in [2.45, 2.75) is 25.3 Å². The highest BCUT2D eigenvalue weighted by Crippen LogP contribution is 2.32. The second-order valence-corrected chi connectivity index (χ2v) is 6.22. The number of amides is 1. The van der Waals surface area contributed by atoms with Crippen LogP contribution in [-0.4, -0.2) is 23.4 Å². The Labute approximate surface area is 151 Å². The molecule has 0 aromatic heterocycles. The number of Topliss-reactive ketones (excluding diaryl/α,β-unsaturated/α-hetero) is 1. The number of nitrogens with zero attached hydrogens (tertiary/aromatic N) is 1. The van der Waals surface area contributed by atoms with Crippen molar-refractivity contribution >= 4 is 11.9 Å². The summed E-state index contributed by atoms with van der Waals surface area (Å²) in [5.74, 6) is -0.421. The van der Waals surface area contributed by atoms with E-state index in [0.717, 1.165) is 5.56 Å². The van der Waals surface area contributed by atoms with E-state index in [1.807, 2.05) is 30.3 Å². The Bertz CT molecular complexity index is 802. The van der Waals surface area contributed by atoms with E-state index in [1.54, 1.807) is 4.90 Å². The summed E-state index contributed by atoms with van der Waals surface area (Å²) in [6.07, 6.45) is 0.962. The molecular weight excluding hydrogens is 333 g/mol. The fraction of sp³-hybridized carbons (Fsp3) is 0.238. The number of carbonyl (C=O) groups excluding carboxylic acids is 2. The first-order valence-electron chi connectivity index (χ1n) is 8.54. The minimum Gasteiger partial charge on any atom is -0.447 e. The van der Waals surface area contributed by atoms with Crippen molar-refractivity contribution in [2.24, 2.45) is 0 Å². The smallest absolute Gasteiger partial charge is 0.414 e. The van der Waals surface area contributed by atoms with Crippen LogP contribution in [0.15, 0.2) is 66.9 Å². The van der Waals surface area contributed by atoms with Crippen LogP contribution in [-0.2, 0) is 4.74 Å². The Hall–Kier alpha value is -2.95. The average molecular weight is 353 g/mol. The maximum atomic E-state index is 12.9. The molecule has 1 fully saturated rings. The van der Waals surface area contributed by atoms with Crippen molar-refractivity contribution in [1.29, 1.82) is 0 Å². The van der Waals surface area contributed by atoms with Gasteiger partial charge in [0.1, 0.15) is 12.4 Å². The summed E-state index contributed by atoms with van der Waals surface area (Å²) >= 11 is 0. The van der Waals surface area contributed by atoms with E-state index in [2.05, 4.69) is 6.58 Å². The summed E-state index contributed by atoms with van der Waals surface area (Å²) in [5.41, 5.74) is 2.11. The summed E-state index contributed by atoms with van der Waals surface area (Å²) in [7, 11) is 0. The number of ketones is 1. The number of ether oxygens (including phenoxy) is 1. The van der Waals surface area contributed by atoms with Crippen LogP contribution in [0.5, 0.6) is 0 Å². The highest BCUT2D eigenvalue weighted by molar-refractivity contribution is 5.95. The molecule has 26 heavy (non-hydrogen) atoms. The van der Waals surface area contributed by atoms with E-state index in [4.69, 9.17) is 4.74 Å².